The second-order valence-corrected chi connectivity index (χ2v) is 8.08. The molecule has 1 N–H and O–H groups in total. The third-order valence-electron chi connectivity index (χ3n) is 3.92. The molecule has 1 aliphatic heterocycles. The van der Waals surface area contributed by atoms with Crippen LogP contribution in [0.25, 0.3) is 0 Å². The Morgan fingerprint density at radius 3 is 2.56 bits per heavy atom. The van der Waals surface area contributed by atoms with Crippen molar-refractivity contribution in [3.63, 3.8) is 0 Å². The van der Waals surface area contributed by atoms with Crippen LogP contribution >= 0.6 is 0 Å². The predicted molar refractivity (Wildman–Crippen MR) is 91.6 cm³/mol. The number of ether oxygens (including phenoxy) is 1. The fourth-order valence-corrected chi connectivity index (χ4v) is 4.11. The fourth-order valence-electron chi connectivity index (χ4n) is 2.63. The molecule has 1 aromatic rings. The first-order valence-corrected chi connectivity index (χ1v) is 9.59. The zero-order valence-corrected chi connectivity index (χ0v) is 15.5. The van der Waals surface area contributed by atoms with Crippen molar-refractivity contribution in [1.29, 1.82) is 0 Å². The van der Waals surface area contributed by atoms with Crippen molar-refractivity contribution < 1.29 is 22.3 Å². The number of amides is 2. The van der Waals surface area contributed by atoms with Crippen molar-refractivity contribution >= 4 is 16.1 Å². The first kappa shape index (κ1) is 19.5. The summed E-state index contributed by atoms with van der Waals surface area (Å²) in [6.45, 7) is 4.94. The lowest BCUT2D eigenvalue weighted by atomic mass is 10.3. The quantitative estimate of drug-likeness (QED) is 0.870. The Kier molecular flexibility index (Phi) is 6.23. The third-order valence-corrected chi connectivity index (χ3v) is 5.81. The number of sulfonamides is 1. The molecular formula is C16H24FN3O4S. The molecule has 1 fully saturated rings. The number of carbonyl (C=O) groups is 1. The average molecular weight is 373 g/mol. The summed E-state index contributed by atoms with van der Waals surface area (Å²) in [6, 6.07) is 3.39. The maximum Gasteiger partial charge on any atom is 0.317 e. The monoisotopic (exact) mass is 373 g/mol. The summed E-state index contributed by atoms with van der Waals surface area (Å²) in [5.41, 5.74) is 0. The van der Waals surface area contributed by atoms with Crippen molar-refractivity contribution in [2.75, 3.05) is 33.3 Å². The minimum absolute atomic E-state index is 0.00801. The number of methoxy groups -OCH3 is 1. The van der Waals surface area contributed by atoms with Gasteiger partial charge in [0.15, 0.2) is 11.6 Å². The van der Waals surface area contributed by atoms with Gasteiger partial charge in [0.1, 0.15) is 0 Å². The van der Waals surface area contributed by atoms with E-state index in [2.05, 4.69) is 5.32 Å². The van der Waals surface area contributed by atoms with E-state index in [0.29, 0.717) is 13.0 Å². The van der Waals surface area contributed by atoms with Crippen LogP contribution in [0.15, 0.2) is 23.1 Å². The van der Waals surface area contributed by atoms with Gasteiger partial charge in [-0.1, -0.05) is 0 Å². The molecule has 140 valence electrons. The summed E-state index contributed by atoms with van der Waals surface area (Å²) >= 11 is 0. The molecule has 25 heavy (non-hydrogen) atoms. The number of nitrogens with one attached hydrogen (secondary N) is 1. The SMILES string of the molecule is COc1ccc(S(=O)(=O)N2CCCN(C(=O)NC(C)C)CC2)cc1F. The van der Waals surface area contributed by atoms with Gasteiger partial charge in [0.05, 0.1) is 12.0 Å². The number of benzene rings is 1. The number of rotatable bonds is 4. The van der Waals surface area contributed by atoms with Crippen molar-refractivity contribution in [2.45, 2.75) is 31.2 Å². The summed E-state index contributed by atoms with van der Waals surface area (Å²) in [5.74, 6) is -0.734. The lowest BCUT2D eigenvalue weighted by molar-refractivity contribution is 0.198. The summed E-state index contributed by atoms with van der Waals surface area (Å²) in [4.78, 5) is 13.6. The third kappa shape index (κ3) is 4.60. The lowest BCUT2D eigenvalue weighted by Crippen LogP contribution is -2.44. The largest absolute Gasteiger partial charge is 0.494 e. The standard InChI is InChI=1S/C16H24FN3O4S/c1-12(2)18-16(21)19-7-4-8-20(10-9-19)25(22,23)13-5-6-15(24-3)14(17)11-13/h5-6,11-12H,4,7-10H2,1-3H3,(H,18,21). The van der Waals surface area contributed by atoms with Crippen molar-refractivity contribution in [2.24, 2.45) is 0 Å². The van der Waals surface area contributed by atoms with E-state index in [9.17, 15) is 17.6 Å². The van der Waals surface area contributed by atoms with E-state index in [4.69, 9.17) is 4.74 Å². The minimum Gasteiger partial charge on any atom is -0.494 e. The number of carbonyl (C=O) groups excluding carboxylic acids is 1. The molecule has 0 aromatic heterocycles. The Hall–Kier alpha value is -1.87. The predicted octanol–water partition coefficient (Wildman–Crippen LogP) is 1.65. The van der Waals surface area contributed by atoms with Crippen molar-refractivity contribution in [3.8, 4) is 5.75 Å². The van der Waals surface area contributed by atoms with Crippen molar-refractivity contribution in [1.82, 2.24) is 14.5 Å². The van der Waals surface area contributed by atoms with Crippen LogP contribution in [0.3, 0.4) is 0 Å². The lowest BCUT2D eigenvalue weighted by Gasteiger charge is -2.23. The first-order valence-electron chi connectivity index (χ1n) is 8.15. The number of hydrogen-bond donors (Lipinski definition) is 1. The van der Waals surface area contributed by atoms with Gasteiger partial charge in [-0.15, -0.1) is 0 Å². The highest BCUT2D eigenvalue weighted by Crippen LogP contribution is 2.24. The van der Waals surface area contributed by atoms with Crippen molar-refractivity contribution in [3.05, 3.63) is 24.0 Å². The zero-order valence-electron chi connectivity index (χ0n) is 14.7. The van der Waals surface area contributed by atoms with E-state index in [-0.39, 0.29) is 42.4 Å². The second kappa shape index (κ2) is 8.01. The average Bonchev–Trinajstić information content (AvgIpc) is 2.80. The van der Waals surface area contributed by atoms with Gasteiger partial charge in [0.25, 0.3) is 0 Å². The van der Waals surface area contributed by atoms with Crippen LogP contribution in [0.2, 0.25) is 0 Å². The summed E-state index contributed by atoms with van der Waals surface area (Å²) in [6.07, 6.45) is 0.517. The molecule has 9 heteroatoms. The Balaban J connectivity index is 2.13. The van der Waals surface area contributed by atoms with Gasteiger partial charge >= 0.3 is 6.03 Å². The molecule has 7 nitrogen and oxygen atoms in total. The van der Waals surface area contributed by atoms with Crippen LogP contribution in [0, 0.1) is 5.82 Å². The summed E-state index contributed by atoms with van der Waals surface area (Å²) in [7, 11) is -2.51. The van der Waals surface area contributed by atoms with E-state index in [1.807, 2.05) is 13.8 Å². The van der Waals surface area contributed by atoms with Crippen LogP contribution in [0.5, 0.6) is 5.75 Å². The summed E-state index contributed by atoms with van der Waals surface area (Å²) in [5, 5.41) is 2.80. The van der Waals surface area contributed by atoms with Crippen LogP contribution in [-0.2, 0) is 10.0 Å². The molecule has 0 radical (unpaired) electrons. The number of halogens is 1. The Morgan fingerprint density at radius 2 is 1.96 bits per heavy atom. The Morgan fingerprint density at radius 1 is 1.24 bits per heavy atom. The highest BCUT2D eigenvalue weighted by Gasteiger charge is 2.29. The highest BCUT2D eigenvalue weighted by atomic mass is 32.2. The first-order chi connectivity index (χ1) is 11.8. The van der Waals surface area contributed by atoms with Gasteiger partial charge in [-0.25, -0.2) is 17.6 Å². The molecule has 1 heterocycles. The fraction of sp³-hybridized carbons (Fsp3) is 0.562. The molecule has 1 aliphatic rings. The van der Waals surface area contributed by atoms with Crippen LogP contribution in [-0.4, -0.2) is 63.0 Å². The maximum atomic E-state index is 13.8. The topological polar surface area (TPSA) is 79.0 Å². The van der Waals surface area contributed by atoms with Gasteiger partial charge < -0.3 is 15.0 Å². The minimum atomic E-state index is -3.83. The normalized spacial score (nSPS) is 16.6. The van der Waals surface area contributed by atoms with E-state index in [1.54, 1.807) is 4.90 Å². The number of urea groups is 1. The number of nitrogens with zero attached hydrogens (tertiary/aromatic N) is 2. The van der Waals surface area contributed by atoms with Gasteiger partial charge in [0.2, 0.25) is 10.0 Å². The summed E-state index contributed by atoms with van der Waals surface area (Å²) < 4.78 is 45.4. The highest BCUT2D eigenvalue weighted by molar-refractivity contribution is 7.89. The maximum absolute atomic E-state index is 13.8. The molecule has 0 atom stereocenters. The molecule has 0 aliphatic carbocycles. The molecule has 0 saturated carbocycles. The zero-order chi connectivity index (χ0) is 18.6. The van der Waals surface area contributed by atoms with Gasteiger partial charge in [-0.3, -0.25) is 0 Å². The van der Waals surface area contributed by atoms with E-state index < -0.39 is 15.8 Å². The van der Waals surface area contributed by atoms with Gasteiger partial charge in [-0.2, -0.15) is 4.31 Å². The van der Waals surface area contributed by atoms with Crippen LogP contribution < -0.4 is 10.1 Å². The molecule has 2 rings (SSSR count). The molecule has 2 amide bonds. The molecule has 0 bridgehead atoms. The van der Waals surface area contributed by atoms with Crippen LogP contribution in [0.4, 0.5) is 9.18 Å². The second-order valence-electron chi connectivity index (χ2n) is 6.15. The Labute approximate surface area is 147 Å². The van der Waals surface area contributed by atoms with Gasteiger partial charge in [-0.05, 0) is 38.5 Å². The molecule has 0 spiro atoms. The molecule has 0 unspecified atom stereocenters. The van der Waals surface area contributed by atoms with E-state index in [1.165, 1.54) is 23.5 Å². The molecule has 1 aromatic carbocycles. The molecule has 1 saturated heterocycles. The number of hydrogen-bond acceptors (Lipinski definition) is 4. The van der Waals surface area contributed by atoms with Crippen LogP contribution in [0.1, 0.15) is 20.3 Å². The smallest absolute Gasteiger partial charge is 0.317 e. The van der Waals surface area contributed by atoms with Gasteiger partial charge in [0, 0.05) is 32.2 Å². The Bertz CT molecular complexity index is 724. The molecular weight excluding hydrogens is 349 g/mol. The van der Waals surface area contributed by atoms with E-state index in [0.717, 1.165) is 6.07 Å². The van der Waals surface area contributed by atoms with E-state index >= 15 is 0 Å².